The van der Waals surface area contributed by atoms with Crippen LogP contribution in [0.5, 0.6) is 0 Å². The van der Waals surface area contributed by atoms with Crippen LogP contribution in [0.1, 0.15) is 45.1 Å². The third kappa shape index (κ3) is 1.70. The maximum absolute atomic E-state index is 2.42. The van der Waals surface area contributed by atoms with Gasteiger partial charge in [0.05, 0.1) is 0 Å². The van der Waals surface area contributed by atoms with Crippen LogP contribution in [-0.4, -0.2) is 0 Å². The molecule has 0 saturated heterocycles. The van der Waals surface area contributed by atoms with E-state index in [4.69, 9.17) is 0 Å². The first kappa shape index (κ1) is 9.76. The first-order valence-corrected chi connectivity index (χ1v) is 5.83. The van der Waals surface area contributed by atoms with Gasteiger partial charge in [-0.3, -0.25) is 0 Å². The molecule has 14 heavy (non-hydrogen) atoms. The molecule has 76 valence electrons. The summed E-state index contributed by atoms with van der Waals surface area (Å²) in [5.74, 6) is 0.949. The normalized spacial score (nSPS) is 30.3. The standard InChI is InChI=1S/C14H20/c1-3-4-8-13-11-14(13,2)12-9-6-5-7-10-12/h5-7,9-10,13H,3-4,8,11H2,1-2H3/t13-,14+/m1/s1. The van der Waals surface area contributed by atoms with Gasteiger partial charge in [-0.2, -0.15) is 0 Å². The van der Waals surface area contributed by atoms with E-state index in [0.29, 0.717) is 5.41 Å². The van der Waals surface area contributed by atoms with Crippen LogP contribution >= 0.6 is 0 Å². The summed E-state index contributed by atoms with van der Waals surface area (Å²) in [5.41, 5.74) is 2.05. The van der Waals surface area contributed by atoms with E-state index >= 15 is 0 Å². The van der Waals surface area contributed by atoms with E-state index in [0.717, 1.165) is 5.92 Å². The van der Waals surface area contributed by atoms with Gasteiger partial charge in [-0.25, -0.2) is 0 Å². The first-order chi connectivity index (χ1) is 6.77. The number of hydrogen-bond donors (Lipinski definition) is 0. The molecule has 0 nitrogen and oxygen atoms in total. The predicted molar refractivity (Wildman–Crippen MR) is 61.4 cm³/mol. The molecule has 1 aliphatic carbocycles. The van der Waals surface area contributed by atoms with Crippen molar-refractivity contribution in [1.82, 2.24) is 0 Å². The highest BCUT2D eigenvalue weighted by Crippen LogP contribution is 2.56. The van der Waals surface area contributed by atoms with Gasteiger partial charge in [-0.15, -0.1) is 0 Å². The molecule has 1 aliphatic rings. The molecule has 0 spiro atoms. The Morgan fingerprint density at radius 3 is 2.64 bits per heavy atom. The molecule has 0 bridgehead atoms. The Balaban J connectivity index is 2.00. The average Bonchev–Trinajstić information content (AvgIpc) is 2.90. The zero-order valence-electron chi connectivity index (χ0n) is 9.29. The van der Waals surface area contributed by atoms with Crippen molar-refractivity contribution >= 4 is 0 Å². The SMILES string of the molecule is CCCC[C@@H]1C[C@@]1(C)c1ccccc1. The summed E-state index contributed by atoms with van der Waals surface area (Å²) < 4.78 is 0. The molecular formula is C14H20. The van der Waals surface area contributed by atoms with Crippen LogP contribution in [0.25, 0.3) is 0 Å². The van der Waals surface area contributed by atoms with E-state index in [1.807, 2.05) is 0 Å². The molecule has 1 aromatic rings. The maximum atomic E-state index is 2.42. The van der Waals surface area contributed by atoms with E-state index in [-0.39, 0.29) is 0 Å². The minimum Gasteiger partial charge on any atom is -0.0654 e. The van der Waals surface area contributed by atoms with E-state index in [1.165, 1.54) is 25.7 Å². The van der Waals surface area contributed by atoms with Crippen LogP contribution < -0.4 is 0 Å². The molecule has 0 unspecified atom stereocenters. The first-order valence-electron chi connectivity index (χ1n) is 5.83. The van der Waals surface area contributed by atoms with Crippen LogP contribution in [-0.2, 0) is 5.41 Å². The summed E-state index contributed by atoms with van der Waals surface area (Å²) in [6.45, 7) is 4.70. The van der Waals surface area contributed by atoms with Gasteiger partial charge in [-0.05, 0) is 29.7 Å². The lowest BCUT2D eigenvalue weighted by molar-refractivity contribution is 0.579. The minimum absolute atomic E-state index is 0.510. The highest BCUT2D eigenvalue weighted by Gasteiger charge is 2.49. The van der Waals surface area contributed by atoms with Crippen molar-refractivity contribution in [3.05, 3.63) is 35.9 Å². The number of benzene rings is 1. The van der Waals surface area contributed by atoms with Crippen molar-refractivity contribution in [3.63, 3.8) is 0 Å². The fraction of sp³-hybridized carbons (Fsp3) is 0.571. The Morgan fingerprint density at radius 2 is 2.00 bits per heavy atom. The lowest BCUT2D eigenvalue weighted by Gasteiger charge is -2.11. The quantitative estimate of drug-likeness (QED) is 0.665. The summed E-state index contributed by atoms with van der Waals surface area (Å²) in [5, 5.41) is 0. The zero-order chi connectivity index (χ0) is 10.0. The lowest BCUT2D eigenvalue weighted by Crippen LogP contribution is -2.03. The van der Waals surface area contributed by atoms with Gasteiger partial charge in [0.15, 0.2) is 0 Å². The van der Waals surface area contributed by atoms with Crippen molar-refractivity contribution < 1.29 is 0 Å². The second-order valence-electron chi connectivity index (χ2n) is 4.83. The zero-order valence-corrected chi connectivity index (χ0v) is 9.29. The maximum Gasteiger partial charge on any atom is -0.00438 e. The van der Waals surface area contributed by atoms with Gasteiger partial charge in [0.2, 0.25) is 0 Å². The molecule has 0 aliphatic heterocycles. The third-order valence-electron chi connectivity index (χ3n) is 3.75. The van der Waals surface area contributed by atoms with Crippen LogP contribution in [0.2, 0.25) is 0 Å². The molecule has 1 aromatic carbocycles. The summed E-state index contributed by atoms with van der Waals surface area (Å²) >= 11 is 0. The van der Waals surface area contributed by atoms with Crippen LogP contribution in [0.15, 0.2) is 30.3 Å². The number of rotatable bonds is 4. The van der Waals surface area contributed by atoms with Gasteiger partial charge in [-0.1, -0.05) is 57.0 Å². The topological polar surface area (TPSA) is 0 Å². The van der Waals surface area contributed by atoms with Gasteiger partial charge in [0.1, 0.15) is 0 Å². The minimum atomic E-state index is 0.510. The molecule has 0 radical (unpaired) electrons. The fourth-order valence-corrected chi connectivity index (χ4v) is 2.50. The van der Waals surface area contributed by atoms with E-state index in [2.05, 4.69) is 44.2 Å². The molecule has 0 heterocycles. The summed E-state index contributed by atoms with van der Waals surface area (Å²) in [6.07, 6.45) is 5.55. The second-order valence-corrected chi connectivity index (χ2v) is 4.83. The summed E-state index contributed by atoms with van der Waals surface area (Å²) in [6, 6.07) is 11.0. The predicted octanol–water partition coefficient (Wildman–Crippen LogP) is 4.15. The van der Waals surface area contributed by atoms with E-state index < -0.39 is 0 Å². The van der Waals surface area contributed by atoms with Gasteiger partial charge < -0.3 is 0 Å². The molecule has 2 atom stereocenters. The van der Waals surface area contributed by atoms with Gasteiger partial charge in [0, 0.05) is 0 Å². The fourth-order valence-electron chi connectivity index (χ4n) is 2.50. The highest BCUT2D eigenvalue weighted by atomic mass is 14.5. The Kier molecular flexibility index (Phi) is 2.62. The van der Waals surface area contributed by atoms with Gasteiger partial charge >= 0.3 is 0 Å². The smallest absolute Gasteiger partial charge is 0.00438 e. The molecule has 0 N–H and O–H groups in total. The van der Waals surface area contributed by atoms with Crippen molar-refractivity contribution in [1.29, 1.82) is 0 Å². The van der Waals surface area contributed by atoms with Crippen molar-refractivity contribution in [3.8, 4) is 0 Å². The third-order valence-corrected chi connectivity index (χ3v) is 3.75. The Bertz CT molecular complexity index is 288. The number of unbranched alkanes of at least 4 members (excludes halogenated alkanes) is 1. The molecule has 0 heteroatoms. The molecule has 0 amide bonds. The largest absolute Gasteiger partial charge is 0.0654 e. The molecular weight excluding hydrogens is 168 g/mol. The van der Waals surface area contributed by atoms with Crippen molar-refractivity contribution in [2.75, 3.05) is 0 Å². The molecule has 0 aromatic heterocycles. The average molecular weight is 188 g/mol. The lowest BCUT2D eigenvalue weighted by atomic mass is 9.94. The molecule has 2 rings (SSSR count). The molecule has 1 saturated carbocycles. The number of hydrogen-bond acceptors (Lipinski definition) is 0. The van der Waals surface area contributed by atoms with Crippen LogP contribution in [0, 0.1) is 5.92 Å². The Hall–Kier alpha value is -0.780. The second kappa shape index (κ2) is 3.76. The molecule has 1 fully saturated rings. The Morgan fingerprint density at radius 1 is 1.29 bits per heavy atom. The van der Waals surface area contributed by atoms with Crippen molar-refractivity contribution in [2.24, 2.45) is 5.92 Å². The Labute approximate surface area is 87.3 Å². The summed E-state index contributed by atoms with van der Waals surface area (Å²) in [4.78, 5) is 0. The van der Waals surface area contributed by atoms with E-state index in [9.17, 15) is 0 Å². The monoisotopic (exact) mass is 188 g/mol. The summed E-state index contributed by atoms with van der Waals surface area (Å²) in [7, 11) is 0. The van der Waals surface area contributed by atoms with Crippen molar-refractivity contribution in [2.45, 2.75) is 44.9 Å². The highest BCUT2D eigenvalue weighted by molar-refractivity contribution is 5.32. The van der Waals surface area contributed by atoms with Gasteiger partial charge in [0.25, 0.3) is 0 Å². The van der Waals surface area contributed by atoms with E-state index in [1.54, 1.807) is 5.56 Å². The van der Waals surface area contributed by atoms with Crippen LogP contribution in [0.3, 0.4) is 0 Å². The van der Waals surface area contributed by atoms with Crippen LogP contribution in [0.4, 0.5) is 0 Å².